The topological polar surface area (TPSA) is 38.9 Å². The van der Waals surface area contributed by atoms with E-state index in [1.165, 1.54) is 42.8 Å². The molecule has 4 bridgehead atoms. The van der Waals surface area contributed by atoms with Gasteiger partial charge in [0.05, 0.1) is 10.7 Å². The third kappa shape index (κ3) is 1.75. The minimum Gasteiger partial charge on any atom is -0.330 e. The molecule has 1 heterocycles. The molecule has 4 saturated carbocycles. The first-order valence-electron chi connectivity index (χ1n) is 7.48. The molecule has 0 unspecified atom stereocenters. The third-order valence-electron chi connectivity index (χ3n) is 5.48. The lowest BCUT2D eigenvalue weighted by atomic mass is 9.52. The van der Waals surface area contributed by atoms with E-state index in [1.54, 1.807) is 0 Å². The molecule has 5 rings (SSSR count). The highest BCUT2D eigenvalue weighted by Gasteiger charge is 2.49. The van der Waals surface area contributed by atoms with E-state index >= 15 is 0 Å². The lowest BCUT2D eigenvalue weighted by Crippen LogP contribution is -2.43. The maximum Gasteiger partial charge on any atom is 0.0964 e. The van der Waals surface area contributed by atoms with Gasteiger partial charge < -0.3 is 5.73 Å². The van der Waals surface area contributed by atoms with E-state index in [4.69, 9.17) is 10.7 Å². The van der Waals surface area contributed by atoms with Gasteiger partial charge in [-0.25, -0.2) is 4.98 Å². The Morgan fingerprint density at radius 1 is 1.11 bits per heavy atom. The molecule has 4 aliphatic carbocycles. The number of aromatic nitrogens is 1. The van der Waals surface area contributed by atoms with Crippen LogP contribution in [0.5, 0.6) is 0 Å². The molecule has 98 valence electrons. The van der Waals surface area contributed by atoms with Gasteiger partial charge in [-0.2, -0.15) is 0 Å². The van der Waals surface area contributed by atoms with E-state index < -0.39 is 0 Å². The highest BCUT2D eigenvalue weighted by Crippen LogP contribution is 2.59. The molecule has 0 saturated heterocycles. The lowest BCUT2D eigenvalue weighted by Gasteiger charge is -2.53. The Kier molecular flexibility index (Phi) is 2.73. The Hall–Kier alpha value is -0.410. The molecule has 1 aromatic rings. The van der Waals surface area contributed by atoms with Gasteiger partial charge in [-0.1, -0.05) is 0 Å². The maximum absolute atomic E-state index is 5.63. The van der Waals surface area contributed by atoms with Crippen LogP contribution in [-0.2, 0) is 6.42 Å². The quantitative estimate of drug-likeness (QED) is 0.908. The number of hydrogen-bond acceptors (Lipinski definition) is 3. The number of hydrogen-bond donors (Lipinski definition) is 1. The highest BCUT2D eigenvalue weighted by atomic mass is 32.1. The minimum atomic E-state index is 0.727. The average molecular weight is 262 g/mol. The molecule has 1 aromatic heterocycles. The van der Waals surface area contributed by atoms with Crippen molar-refractivity contribution >= 4 is 11.3 Å². The van der Waals surface area contributed by atoms with Gasteiger partial charge in [0.25, 0.3) is 0 Å². The zero-order valence-corrected chi connectivity index (χ0v) is 11.7. The van der Waals surface area contributed by atoms with Crippen molar-refractivity contribution in [3.8, 4) is 0 Å². The fourth-order valence-electron chi connectivity index (χ4n) is 5.07. The van der Waals surface area contributed by atoms with Crippen molar-refractivity contribution in [3.05, 3.63) is 16.1 Å². The molecule has 4 fully saturated rings. The van der Waals surface area contributed by atoms with Crippen molar-refractivity contribution in [2.45, 2.75) is 44.4 Å². The van der Waals surface area contributed by atoms with E-state index in [2.05, 4.69) is 5.38 Å². The van der Waals surface area contributed by atoms with Crippen molar-refractivity contribution < 1.29 is 0 Å². The van der Waals surface area contributed by atoms with Gasteiger partial charge >= 0.3 is 0 Å². The predicted octanol–water partition coefficient (Wildman–Crippen LogP) is 3.18. The van der Waals surface area contributed by atoms with Crippen LogP contribution in [0, 0.1) is 23.7 Å². The van der Waals surface area contributed by atoms with Crippen molar-refractivity contribution in [1.82, 2.24) is 4.98 Å². The van der Waals surface area contributed by atoms with E-state index in [0.29, 0.717) is 0 Å². The van der Waals surface area contributed by atoms with Gasteiger partial charge in [0.2, 0.25) is 0 Å². The van der Waals surface area contributed by atoms with Gasteiger partial charge in [0.15, 0.2) is 0 Å². The molecule has 0 atom stereocenters. The highest BCUT2D eigenvalue weighted by molar-refractivity contribution is 7.09. The van der Waals surface area contributed by atoms with E-state index in [-0.39, 0.29) is 0 Å². The first kappa shape index (κ1) is 11.4. The second kappa shape index (κ2) is 4.31. The largest absolute Gasteiger partial charge is 0.330 e. The zero-order valence-electron chi connectivity index (χ0n) is 10.8. The molecule has 0 spiro atoms. The van der Waals surface area contributed by atoms with Crippen LogP contribution >= 0.6 is 11.3 Å². The summed E-state index contributed by atoms with van der Waals surface area (Å²) in [5.74, 6) is 4.84. The molecule has 0 aromatic carbocycles. The molecule has 0 radical (unpaired) electrons. The first-order valence-corrected chi connectivity index (χ1v) is 8.35. The van der Waals surface area contributed by atoms with Crippen LogP contribution < -0.4 is 5.73 Å². The van der Waals surface area contributed by atoms with Crippen LogP contribution in [0.1, 0.15) is 48.7 Å². The van der Waals surface area contributed by atoms with E-state index in [0.717, 1.165) is 42.6 Å². The summed E-state index contributed by atoms with van der Waals surface area (Å²) in [5.41, 5.74) is 6.86. The summed E-state index contributed by atoms with van der Waals surface area (Å²) in [5, 5.41) is 3.68. The fraction of sp³-hybridized carbons (Fsp3) is 0.800. The van der Waals surface area contributed by atoms with Gasteiger partial charge in [-0.3, -0.25) is 0 Å². The normalized spacial score (nSPS) is 41.5. The third-order valence-corrected chi connectivity index (χ3v) is 6.48. The maximum atomic E-state index is 5.63. The average Bonchev–Trinajstić information content (AvgIpc) is 2.76. The Labute approximate surface area is 113 Å². The Morgan fingerprint density at radius 3 is 2.39 bits per heavy atom. The Bertz CT molecular complexity index is 411. The molecule has 2 N–H and O–H groups in total. The van der Waals surface area contributed by atoms with Crippen LogP contribution in [-0.4, -0.2) is 11.5 Å². The van der Waals surface area contributed by atoms with Crippen molar-refractivity contribution in [2.75, 3.05) is 6.54 Å². The molecule has 18 heavy (non-hydrogen) atoms. The number of nitrogens with two attached hydrogens (primary N) is 1. The monoisotopic (exact) mass is 262 g/mol. The van der Waals surface area contributed by atoms with E-state index in [1.807, 2.05) is 11.3 Å². The second-order valence-corrected chi connectivity index (χ2v) is 7.56. The van der Waals surface area contributed by atoms with Crippen molar-refractivity contribution in [1.29, 1.82) is 0 Å². The van der Waals surface area contributed by atoms with Crippen molar-refractivity contribution in [3.63, 3.8) is 0 Å². The summed E-state index contributed by atoms with van der Waals surface area (Å²) >= 11 is 1.90. The van der Waals surface area contributed by atoms with Crippen molar-refractivity contribution in [2.24, 2.45) is 29.4 Å². The second-order valence-electron chi connectivity index (χ2n) is 6.67. The van der Waals surface area contributed by atoms with Gasteiger partial charge in [-0.15, -0.1) is 11.3 Å². The van der Waals surface area contributed by atoms with Crippen LogP contribution in [0.3, 0.4) is 0 Å². The molecular weight excluding hydrogens is 240 g/mol. The first-order chi connectivity index (χ1) is 8.83. The van der Waals surface area contributed by atoms with Crippen LogP contribution in [0.25, 0.3) is 0 Å². The molecule has 2 nitrogen and oxygen atoms in total. The Morgan fingerprint density at radius 2 is 1.78 bits per heavy atom. The molecular formula is C15H22N2S. The summed E-state index contributed by atoms with van der Waals surface area (Å²) in [6.07, 6.45) is 8.44. The fourth-order valence-corrected chi connectivity index (χ4v) is 6.21. The molecule has 3 heteroatoms. The number of nitrogens with zero attached hydrogens (tertiary/aromatic N) is 1. The zero-order chi connectivity index (χ0) is 12.1. The number of thiazole rings is 1. The van der Waals surface area contributed by atoms with Crippen LogP contribution in [0.2, 0.25) is 0 Å². The summed E-state index contributed by atoms with van der Waals surface area (Å²) in [4.78, 5) is 4.88. The predicted molar refractivity (Wildman–Crippen MR) is 74.7 cm³/mol. The van der Waals surface area contributed by atoms with Crippen LogP contribution in [0.4, 0.5) is 0 Å². The number of rotatable bonds is 3. The molecule has 0 amide bonds. The SMILES string of the molecule is NCCc1csc(C2C3CC4CC(C3)CC2C4)n1. The van der Waals surface area contributed by atoms with Gasteiger partial charge in [-0.05, 0) is 62.3 Å². The van der Waals surface area contributed by atoms with E-state index in [9.17, 15) is 0 Å². The lowest BCUT2D eigenvalue weighted by molar-refractivity contribution is -0.00287. The van der Waals surface area contributed by atoms with Gasteiger partial charge in [0, 0.05) is 17.7 Å². The summed E-state index contributed by atoms with van der Waals surface area (Å²) in [6, 6.07) is 0. The summed E-state index contributed by atoms with van der Waals surface area (Å²) in [6.45, 7) is 0.727. The smallest absolute Gasteiger partial charge is 0.0964 e. The summed E-state index contributed by atoms with van der Waals surface area (Å²) in [7, 11) is 0. The summed E-state index contributed by atoms with van der Waals surface area (Å²) < 4.78 is 0. The Balaban J connectivity index is 1.60. The minimum absolute atomic E-state index is 0.727. The molecule has 0 aliphatic heterocycles. The van der Waals surface area contributed by atoms with Gasteiger partial charge in [0.1, 0.15) is 0 Å². The molecule has 4 aliphatic rings. The standard InChI is InChI=1S/C15H22N2S/c16-2-1-13-8-18-15(17-13)14-11-4-9-3-10(6-11)7-12(14)5-9/h8-12,14H,1-7,16H2. The van der Waals surface area contributed by atoms with Crippen LogP contribution in [0.15, 0.2) is 5.38 Å².